The molecular formula is C19H18N2O4. The number of hydrogen-bond donors (Lipinski definition) is 0. The summed E-state index contributed by atoms with van der Waals surface area (Å²) in [4.78, 5) is 24.9. The number of aromatic nitrogens is 2. The Bertz CT molecular complexity index is 1000. The molecule has 0 aliphatic heterocycles. The zero-order valence-electron chi connectivity index (χ0n) is 14.0. The zero-order valence-corrected chi connectivity index (χ0v) is 14.0. The van der Waals surface area contributed by atoms with Crippen molar-refractivity contribution in [1.82, 2.24) is 9.13 Å². The van der Waals surface area contributed by atoms with Gasteiger partial charge in [0.1, 0.15) is 11.5 Å². The maximum atomic E-state index is 12.5. The van der Waals surface area contributed by atoms with E-state index in [2.05, 4.69) is 0 Å². The SMILES string of the molecule is COc1cccc(Cn2ccn(-c3cccc(OC)c3)c(=O)c2=O)c1. The Morgan fingerprint density at radius 2 is 1.52 bits per heavy atom. The third-order valence-electron chi connectivity index (χ3n) is 3.88. The molecule has 0 aliphatic carbocycles. The van der Waals surface area contributed by atoms with Crippen LogP contribution in [0.15, 0.2) is 70.5 Å². The summed E-state index contributed by atoms with van der Waals surface area (Å²) in [5.74, 6) is 1.32. The smallest absolute Gasteiger partial charge is 0.320 e. The summed E-state index contributed by atoms with van der Waals surface area (Å²) < 4.78 is 13.0. The van der Waals surface area contributed by atoms with Crippen LogP contribution >= 0.6 is 0 Å². The second kappa shape index (κ2) is 7.09. The molecule has 6 heteroatoms. The first kappa shape index (κ1) is 16.6. The molecule has 25 heavy (non-hydrogen) atoms. The van der Waals surface area contributed by atoms with Crippen LogP contribution in [0.1, 0.15) is 5.56 Å². The fourth-order valence-corrected chi connectivity index (χ4v) is 2.56. The molecule has 0 spiro atoms. The van der Waals surface area contributed by atoms with E-state index >= 15 is 0 Å². The predicted octanol–water partition coefficient (Wildman–Crippen LogP) is 2.06. The Kier molecular flexibility index (Phi) is 4.70. The first-order valence-corrected chi connectivity index (χ1v) is 7.72. The topological polar surface area (TPSA) is 62.5 Å². The Labute approximate surface area is 144 Å². The van der Waals surface area contributed by atoms with Crippen LogP contribution in [0.4, 0.5) is 0 Å². The lowest BCUT2D eigenvalue weighted by Crippen LogP contribution is -2.40. The first-order valence-electron chi connectivity index (χ1n) is 7.72. The summed E-state index contributed by atoms with van der Waals surface area (Å²) >= 11 is 0. The largest absolute Gasteiger partial charge is 0.497 e. The number of rotatable bonds is 5. The molecule has 2 aromatic carbocycles. The van der Waals surface area contributed by atoms with Crippen molar-refractivity contribution in [1.29, 1.82) is 0 Å². The molecule has 3 rings (SSSR count). The van der Waals surface area contributed by atoms with Crippen LogP contribution in [-0.4, -0.2) is 23.4 Å². The third-order valence-corrected chi connectivity index (χ3v) is 3.88. The van der Waals surface area contributed by atoms with E-state index in [1.165, 1.54) is 9.13 Å². The van der Waals surface area contributed by atoms with E-state index in [-0.39, 0.29) is 0 Å². The normalized spacial score (nSPS) is 10.5. The summed E-state index contributed by atoms with van der Waals surface area (Å²) in [6.07, 6.45) is 3.18. The Morgan fingerprint density at radius 1 is 0.840 bits per heavy atom. The summed E-state index contributed by atoms with van der Waals surface area (Å²) in [5.41, 5.74) is 0.252. The van der Waals surface area contributed by atoms with Gasteiger partial charge in [-0.3, -0.25) is 14.2 Å². The van der Waals surface area contributed by atoms with Gasteiger partial charge in [-0.15, -0.1) is 0 Å². The van der Waals surface area contributed by atoms with Gasteiger partial charge in [-0.05, 0) is 29.8 Å². The van der Waals surface area contributed by atoms with E-state index in [1.54, 1.807) is 50.9 Å². The van der Waals surface area contributed by atoms with E-state index < -0.39 is 11.1 Å². The highest BCUT2D eigenvalue weighted by atomic mass is 16.5. The number of benzene rings is 2. The molecule has 1 heterocycles. The molecule has 3 aromatic rings. The monoisotopic (exact) mass is 338 g/mol. The van der Waals surface area contributed by atoms with Crippen LogP contribution in [-0.2, 0) is 6.54 Å². The van der Waals surface area contributed by atoms with Gasteiger partial charge in [0.15, 0.2) is 0 Å². The quantitative estimate of drug-likeness (QED) is 0.668. The van der Waals surface area contributed by atoms with Crippen molar-refractivity contribution in [2.24, 2.45) is 0 Å². The van der Waals surface area contributed by atoms with Crippen LogP contribution in [0.2, 0.25) is 0 Å². The number of methoxy groups -OCH3 is 2. The number of hydrogen-bond acceptors (Lipinski definition) is 4. The van der Waals surface area contributed by atoms with Crippen LogP contribution < -0.4 is 20.6 Å². The van der Waals surface area contributed by atoms with Crippen molar-refractivity contribution in [3.05, 3.63) is 87.2 Å². The van der Waals surface area contributed by atoms with Gasteiger partial charge < -0.3 is 14.0 Å². The van der Waals surface area contributed by atoms with Gasteiger partial charge >= 0.3 is 11.1 Å². The van der Waals surface area contributed by atoms with Crippen LogP contribution in [0.3, 0.4) is 0 Å². The average Bonchev–Trinajstić information content (AvgIpc) is 2.66. The molecule has 128 valence electrons. The van der Waals surface area contributed by atoms with E-state index in [9.17, 15) is 9.59 Å². The highest BCUT2D eigenvalue weighted by Crippen LogP contribution is 2.15. The Balaban J connectivity index is 1.97. The van der Waals surface area contributed by atoms with E-state index in [4.69, 9.17) is 9.47 Å². The minimum atomic E-state index is -0.612. The van der Waals surface area contributed by atoms with Gasteiger partial charge in [-0.25, -0.2) is 0 Å². The molecule has 0 aliphatic rings. The minimum Gasteiger partial charge on any atom is -0.497 e. The predicted molar refractivity (Wildman–Crippen MR) is 94.9 cm³/mol. The van der Waals surface area contributed by atoms with Crippen LogP contribution in [0, 0.1) is 0 Å². The lowest BCUT2D eigenvalue weighted by Gasteiger charge is -2.10. The third kappa shape index (κ3) is 3.47. The second-order valence-electron chi connectivity index (χ2n) is 5.46. The van der Waals surface area contributed by atoms with Crippen molar-refractivity contribution in [3.8, 4) is 17.2 Å². The van der Waals surface area contributed by atoms with Gasteiger partial charge in [0.25, 0.3) is 0 Å². The molecular weight excluding hydrogens is 320 g/mol. The highest BCUT2D eigenvalue weighted by Gasteiger charge is 2.08. The molecule has 0 fully saturated rings. The minimum absolute atomic E-state index is 0.296. The first-order chi connectivity index (χ1) is 12.1. The van der Waals surface area contributed by atoms with E-state index in [0.717, 1.165) is 5.56 Å². The van der Waals surface area contributed by atoms with Crippen molar-refractivity contribution >= 4 is 0 Å². The van der Waals surface area contributed by atoms with Gasteiger partial charge in [-0.1, -0.05) is 18.2 Å². The molecule has 0 saturated carbocycles. The molecule has 0 saturated heterocycles. The van der Waals surface area contributed by atoms with Crippen molar-refractivity contribution in [2.45, 2.75) is 6.54 Å². The fraction of sp³-hybridized carbons (Fsp3) is 0.158. The molecule has 0 unspecified atom stereocenters. The van der Waals surface area contributed by atoms with Crippen LogP contribution in [0.25, 0.3) is 5.69 Å². The van der Waals surface area contributed by atoms with Crippen molar-refractivity contribution in [2.75, 3.05) is 14.2 Å². The second-order valence-corrected chi connectivity index (χ2v) is 5.46. The lowest BCUT2D eigenvalue weighted by molar-refractivity contribution is 0.414. The molecule has 0 atom stereocenters. The standard InChI is InChI=1S/C19H18N2O4/c1-24-16-7-3-5-14(11-16)13-20-9-10-21(19(23)18(20)22)15-6-4-8-17(12-15)25-2/h3-12H,13H2,1-2H3. The lowest BCUT2D eigenvalue weighted by atomic mass is 10.2. The van der Waals surface area contributed by atoms with E-state index in [0.29, 0.717) is 23.7 Å². The molecule has 6 nitrogen and oxygen atoms in total. The number of ether oxygens (including phenoxy) is 2. The summed E-state index contributed by atoms with van der Waals surface area (Å²) in [6.45, 7) is 0.296. The molecule has 0 amide bonds. The average molecular weight is 338 g/mol. The van der Waals surface area contributed by atoms with Gasteiger partial charge in [-0.2, -0.15) is 0 Å². The summed E-state index contributed by atoms with van der Waals surface area (Å²) in [6, 6.07) is 14.4. The molecule has 0 N–H and O–H groups in total. The van der Waals surface area contributed by atoms with Crippen molar-refractivity contribution < 1.29 is 9.47 Å². The zero-order chi connectivity index (χ0) is 17.8. The van der Waals surface area contributed by atoms with E-state index in [1.807, 2.05) is 24.3 Å². The summed E-state index contributed by atoms with van der Waals surface area (Å²) in [5, 5.41) is 0. The summed E-state index contributed by atoms with van der Waals surface area (Å²) in [7, 11) is 3.13. The Hall–Kier alpha value is -3.28. The van der Waals surface area contributed by atoms with Gasteiger partial charge in [0.05, 0.1) is 26.5 Å². The highest BCUT2D eigenvalue weighted by molar-refractivity contribution is 5.39. The van der Waals surface area contributed by atoms with Crippen molar-refractivity contribution in [3.63, 3.8) is 0 Å². The molecule has 1 aromatic heterocycles. The maximum absolute atomic E-state index is 12.5. The molecule has 0 bridgehead atoms. The van der Waals surface area contributed by atoms with Gasteiger partial charge in [0, 0.05) is 18.5 Å². The van der Waals surface area contributed by atoms with Crippen LogP contribution in [0.5, 0.6) is 11.5 Å². The maximum Gasteiger partial charge on any atom is 0.320 e. The van der Waals surface area contributed by atoms with Gasteiger partial charge in [0.2, 0.25) is 0 Å². The fourth-order valence-electron chi connectivity index (χ4n) is 2.56. The molecule has 0 radical (unpaired) electrons. The Morgan fingerprint density at radius 3 is 2.24 bits per heavy atom. The number of nitrogens with zero attached hydrogens (tertiary/aromatic N) is 2.